The summed E-state index contributed by atoms with van der Waals surface area (Å²) in [5.41, 5.74) is 3.78. The molecular weight excluding hydrogens is 447 g/mol. The summed E-state index contributed by atoms with van der Waals surface area (Å²) in [5, 5.41) is 13.5. The molecule has 11 heteroatoms. The fourth-order valence-electron chi connectivity index (χ4n) is 3.13. The number of para-hydroxylation sites is 1. The summed E-state index contributed by atoms with van der Waals surface area (Å²) >= 11 is 1.05. The highest BCUT2D eigenvalue weighted by Gasteiger charge is 2.15. The molecule has 0 aliphatic heterocycles. The van der Waals surface area contributed by atoms with E-state index >= 15 is 0 Å². The average Bonchev–Trinajstić information content (AvgIpc) is 3.12. The normalized spacial score (nSPS) is 10.7. The topological polar surface area (TPSA) is 124 Å². The number of carbonyl (C=O) groups is 2. The van der Waals surface area contributed by atoms with Crippen molar-refractivity contribution in [1.29, 1.82) is 0 Å². The van der Waals surface area contributed by atoms with Gasteiger partial charge in [0, 0.05) is 5.69 Å². The Bertz CT molecular complexity index is 1140. The minimum atomic E-state index is -0.497. The number of aromatic nitrogens is 3. The quantitative estimate of drug-likeness (QED) is 0.323. The third kappa shape index (κ3) is 6.45. The fourth-order valence-corrected chi connectivity index (χ4v) is 3.83. The van der Waals surface area contributed by atoms with E-state index < -0.39 is 5.82 Å². The highest BCUT2D eigenvalue weighted by atomic mass is 32.2. The number of carbonyl (C=O) groups excluding carboxylic acids is 2. The van der Waals surface area contributed by atoms with E-state index in [-0.39, 0.29) is 47.4 Å². The lowest BCUT2D eigenvalue weighted by molar-refractivity contribution is -0.122. The summed E-state index contributed by atoms with van der Waals surface area (Å²) in [6.07, 6.45) is 0. The molecule has 0 unspecified atom stereocenters. The molecule has 0 radical (unpaired) electrons. The van der Waals surface area contributed by atoms with Crippen molar-refractivity contribution in [3.8, 4) is 5.75 Å². The summed E-state index contributed by atoms with van der Waals surface area (Å²) in [6.45, 7) is 5.58. The molecule has 0 aliphatic carbocycles. The maximum Gasteiger partial charge on any atom is 0.243 e. The minimum absolute atomic E-state index is 0.0145. The van der Waals surface area contributed by atoms with Crippen molar-refractivity contribution in [2.24, 2.45) is 0 Å². The van der Waals surface area contributed by atoms with Crippen LogP contribution in [-0.4, -0.2) is 39.0 Å². The molecule has 4 N–H and O–H groups in total. The van der Waals surface area contributed by atoms with Crippen LogP contribution in [0.3, 0.4) is 0 Å². The van der Waals surface area contributed by atoms with E-state index in [1.807, 2.05) is 32.9 Å². The predicted molar refractivity (Wildman–Crippen MR) is 124 cm³/mol. The van der Waals surface area contributed by atoms with Crippen LogP contribution in [0.1, 0.15) is 22.5 Å². The molecule has 0 spiro atoms. The molecule has 0 fully saturated rings. The van der Waals surface area contributed by atoms with E-state index in [9.17, 15) is 14.0 Å². The number of hydrogen-bond donors (Lipinski definition) is 3. The van der Waals surface area contributed by atoms with Gasteiger partial charge >= 0.3 is 0 Å². The first kappa shape index (κ1) is 24.1. The molecule has 0 saturated heterocycles. The van der Waals surface area contributed by atoms with Crippen LogP contribution in [0.2, 0.25) is 0 Å². The molecule has 3 aromatic rings. The number of anilines is 1. The second-order valence-corrected chi connectivity index (χ2v) is 8.32. The third-order valence-corrected chi connectivity index (χ3v) is 5.59. The van der Waals surface area contributed by atoms with Crippen LogP contribution in [-0.2, 0) is 16.2 Å². The molecule has 2 amide bonds. The molecule has 33 heavy (non-hydrogen) atoms. The van der Waals surface area contributed by atoms with Crippen molar-refractivity contribution in [3.05, 3.63) is 64.7 Å². The zero-order valence-electron chi connectivity index (χ0n) is 18.5. The Morgan fingerprint density at radius 1 is 1.12 bits per heavy atom. The molecule has 0 atom stereocenters. The lowest BCUT2D eigenvalue weighted by Crippen LogP contribution is -2.34. The van der Waals surface area contributed by atoms with Crippen LogP contribution in [0, 0.1) is 26.6 Å². The van der Waals surface area contributed by atoms with Gasteiger partial charge in [-0.05, 0) is 44.0 Å². The summed E-state index contributed by atoms with van der Waals surface area (Å²) in [5.74, 6) is 5.09. The molecule has 2 aromatic carbocycles. The van der Waals surface area contributed by atoms with Crippen molar-refractivity contribution in [1.82, 2.24) is 20.2 Å². The van der Waals surface area contributed by atoms with Crippen LogP contribution in [0.25, 0.3) is 0 Å². The molecule has 3 rings (SSSR count). The zero-order chi connectivity index (χ0) is 24.0. The van der Waals surface area contributed by atoms with E-state index in [1.165, 1.54) is 16.8 Å². The molecule has 0 saturated carbocycles. The number of rotatable bonds is 9. The summed E-state index contributed by atoms with van der Waals surface area (Å²) in [4.78, 5) is 24.4. The van der Waals surface area contributed by atoms with E-state index in [1.54, 1.807) is 12.1 Å². The third-order valence-electron chi connectivity index (χ3n) is 4.65. The zero-order valence-corrected chi connectivity index (χ0v) is 19.3. The van der Waals surface area contributed by atoms with E-state index in [0.29, 0.717) is 0 Å². The second kappa shape index (κ2) is 10.8. The smallest absolute Gasteiger partial charge is 0.243 e. The van der Waals surface area contributed by atoms with Gasteiger partial charge in [0.2, 0.25) is 17.0 Å². The Kier molecular flexibility index (Phi) is 7.88. The molecule has 9 nitrogen and oxygen atoms in total. The first-order valence-corrected chi connectivity index (χ1v) is 11.1. The van der Waals surface area contributed by atoms with Gasteiger partial charge in [-0.25, -0.2) is 9.07 Å². The standard InChI is InChI=1S/C22H25FN6O3S/c1-13-8-14(2)21(15(3)9-13)26-19(30)10-25-20(31)12-33-22-28-27-18(29(22)24)11-32-17-7-5-4-6-16(17)23/h4-9H,10-12,24H2,1-3H3,(H,25,31)(H,26,30). The minimum Gasteiger partial charge on any atom is -0.482 e. The second-order valence-electron chi connectivity index (χ2n) is 7.38. The highest BCUT2D eigenvalue weighted by molar-refractivity contribution is 7.99. The van der Waals surface area contributed by atoms with Gasteiger partial charge in [-0.3, -0.25) is 9.59 Å². The summed E-state index contributed by atoms with van der Waals surface area (Å²) < 4.78 is 20.2. The Hall–Kier alpha value is -3.60. The molecule has 1 heterocycles. The van der Waals surface area contributed by atoms with Gasteiger partial charge in [-0.1, -0.05) is 41.6 Å². The maximum atomic E-state index is 13.6. The Labute approximate surface area is 194 Å². The van der Waals surface area contributed by atoms with E-state index in [0.717, 1.165) is 34.1 Å². The van der Waals surface area contributed by atoms with E-state index in [2.05, 4.69) is 20.8 Å². The molecule has 174 valence electrons. The number of amides is 2. The van der Waals surface area contributed by atoms with Crippen LogP contribution >= 0.6 is 11.8 Å². The Morgan fingerprint density at radius 3 is 2.52 bits per heavy atom. The van der Waals surface area contributed by atoms with Crippen molar-refractivity contribution in [2.75, 3.05) is 23.5 Å². The van der Waals surface area contributed by atoms with Crippen LogP contribution in [0.5, 0.6) is 5.75 Å². The lowest BCUT2D eigenvalue weighted by Gasteiger charge is -2.13. The average molecular weight is 473 g/mol. The van der Waals surface area contributed by atoms with Gasteiger partial charge in [-0.15, -0.1) is 10.2 Å². The number of aryl methyl sites for hydroxylation is 3. The van der Waals surface area contributed by atoms with Crippen molar-refractivity contribution >= 4 is 29.3 Å². The first-order valence-electron chi connectivity index (χ1n) is 10.1. The van der Waals surface area contributed by atoms with Crippen LogP contribution in [0.4, 0.5) is 10.1 Å². The van der Waals surface area contributed by atoms with Gasteiger partial charge in [0.05, 0.1) is 12.3 Å². The predicted octanol–water partition coefficient (Wildman–Crippen LogP) is 2.48. The van der Waals surface area contributed by atoms with Gasteiger partial charge in [0.15, 0.2) is 17.4 Å². The number of nitrogens with zero attached hydrogens (tertiary/aromatic N) is 3. The van der Waals surface area contributed by atoms with Crippen molar-refractivity contribution in [3.63, 3.8) is 0 Å². The van der Waals surface area contributed by atoms with Crippen molar-refractivity contribution < 1.29 is 18.7 Å². The SMILES string of the molecule is Cc1cc(C)c(NC(=O)CNC(=O)CSc2nnc(COc3ccccc3F)n2N)c(C)c1. The summed E-state index contributed by atoms with van der Waals surface area (Å²) in [7, 11) is 0. The number of nitrogens with one attached hydrogen (secondary N) is 2. The van der Waals surface area contributed by atoms with Gasteiger partial charge in [0.1, 0.15) is 6.61 Å². The molecule has 0 aliphatic rings. The number of halogens is 1. The van der Waals surface area contributed by atoms with E-state index in [4.69, 9.17) is 10.6 Å². The molecule has 0 bridgehead atoms. The number of ether oxygens (including phenoxy) is 1. The number of thioether (sulfide) groups is 1. The van der Waals surface area contributed by atoms with Gasteiger partial charge < -0.3 is 21.2 Å². The lowest BCUT2D eigenvalue weighted by atomic mass is 10.1. The van der Waals surface area contributed by atoms with Crippen LogP contribution in [0.15, 0.2) is 41.6 Å². The first-order chi connectivity index (χ1) is 15.7. The van der Waals surface area contributed by atoms with Crippen LogP contribution < -0.4 is 21.2 Å². The Morgan fingerprint density at radius 2 is 1.82 bits per heavy atom. The van der Waals surface area contributed by atoms with Gasteiger partial charge in [-0.2, -0.15) is 0 Å². The maximum absolute atomic E-state index is 13.6. The molecule has 1 aromatic heterocycles. The molecular formula is C22H25FN6O3S. The number of benzene rings is 2. The highest BCUT2D eigenvalue weighted by Crippen LogP contribution is 2.22. The van der Waals surface area contributed by atoms with Crippen molar-refractivity contribution in [2.45, 2.75) is 32.5 Å². The number of hydrogen-bond acceptors (Lipinski definition) is 7. The number of nitrogens with two attached hydrogens (primary N) is 1. The summed E-state index contributed by atoms with van der Waals surface area (Å²) in [6, 6.07) is 9.94. The fraction of sp³-hybridized carbons (Fsp3) is 0.273. The largest absolute Gasteiger partial charge is 0.482 e. The monoisotopic (exact) mass is 472 g/mol. The number of nitrogen functional groups attached to an aromatic ring is 1. The van der Waals surface area contributed by atoms with Gasteiger partial charge in [0.25, 0.3) is 0 Å². The Balaban J connectivity index is 1.45.